The standard InChI is InChI=1S/C22H24ClFN2O2/c1-15-2-7-19(24)12-17(15)14-25-20(27)8-10-22(11-9-21(28)26-22)13-16-3-5-18(23)6-4-16/h2-7,12H,8-11,13-14H2,1H3,(H,25,27)(H,26,28)/t22-/m0/s1. The number of hydrogen-bond donors (Lipinski definition) is 2. The predicted octanol–water partition coefficient (Wildman–Crippen LogP) is 4.08. The molecule has 0 aromatic heterocycles. The second-order valence-electron chi connectivity index (χ2n) is 7.48. The van der Waals surface area contributed by atoms with Gasteiger partial charge in [0.1, 0.15) is 5.82 Å². The van der Waals surface area contributed by atoms with Crippen LogP contribution < -0.4 is 10.6 Å². The maximum absolute atomic E-state index is 13.4. The molecule has 2 aromatic carbocycles. The summed E-state index contributed by atoms with van der Waals surface area (Å²) in [7, 11) is 0. The van der Waals surface area contributed by atoms with E-state index in [0.717, 1.165) is 16.7 Å². The molecular weight excluding hydrogens is 379 g/mol. The molecule has 0 spiro atoms. The van der Waals surface area contributed by atoms with E-state index >= 15 is 0 Å². The van der Waals surface area contributed by atoms with Gasteiger partial charge in [-0.1, -0.05) is 29.8 Å². The van der Waals surface area contributed by atoms with E-state index in [1.807, 2.05) is 31.2 Å². The maximum Gasteiger partial charge on any atom is 0.220 e. The molecule has 2 aromatic rings. The molecule has 0 unspecified atom stereocenters. The lowest BCUT2D eigenvalue weighted by molar-refractivity contribution is -0.122. The van der Waals surface area contributed by atoms with Crippen LogP contribution in [0.1, 0.15) is 42.4 Å². The zero-order chi connectivity index (χ0) is 20.1. The van der Waals surface area contributed by atoms with Crippen molar-refractivity contribution < 1.29 is 14.0 Å². The summed E-state index contributed by atoms with van der Waals surface area (Å²) in [6.45, 7) is 2.18. The first-order chi connectivity index (χ1) is 13.3. The van der Waals surface area contributed by atoms with E-state index in [1.54, 1.807) is 6.07 Å². The zero-order valence-electron chi connectivity index (χ0n) is 15.9. The molecule has 1 atom stereocenters. The van der Waals surface area contributed by atoms with Crippen molar-refractivity contribution in [2.24, 2.45) is 0 Å². The number of hydrogen-bond acceptors (Lipinski definition) is 2. The van der Waals surface area contributed by atoms with Gasteiger partial charge in [-0.2, -0.15) is 0 Å². The van der Waals surface area contributed by atoms with Gasteiger partial charge in [0, 0.05) is 29.9 Å². The zero-order valence-corrected chi connectivity index (χ0v) is 16.6. The molecule has 6 heteroatoms. The lowest BCUT2D eigenvalue weighted by Gasteiger charge is -2.29. The Morgan fingerprint density at radius 1 is 1.25 bits per heavy atom. The summed E-state index contributed by atoms with van der Waals surface area (Å²) in [5.41, 5.74) is 2.35. The van der Waals surface area contributed by atoms with Gasteiger partial charge in [-0.25, -0.2) is 4.39 Å². The first-order valence-electron chi connectivity index (χ1n) is 9.42. The third-order valence-electron chi connectivity index (χ3n) is 5.31. The van der Waals surface area contributed by atoms with Crippen LogP contribution in [0.2, 0.25) is 5.02 Å². The van der Waals surface area contributed by atoms with Crippen LogP contribution in [0.5, 0.6) is 0 Å². The van der Waals surface area contributed by atoms with E-state index in [1.165, 1.54) is 12.1 Å². The van der Waals surface area contributed by atoms with Crippen LogP contribution in [0.25, 0.3) is 0 Å². The van der Waals surface area contributed by atoms with Crippen LogP contribution in [-0.2, 0) is 22.6 Å². The summed E-state index contributed by atoms with van der Waals surface area (Å²) < 4.78 is 13.4. The lowest BCUT2D eigenvalue weighted by Crippen LogP contribution is -2.44. The van der Waals surface area contributed by atoms with Crippen LogP contribution in [-0.4, -0.2) is 17.4 Å². The molecule has 2 amide bonds. The van der Waals surface area contributed by atoms with Gasteiger partial charge in [0.15, 0.2) is 0 Å². The molecular formula is C22H24ClFN2O2. The maximum atomic E-state index is 13.4. The molecule has 4 nitrogen and oxygen atoms in total. The quantitative estimate of drug-likeness (QED) is 0.733. The van der Waals surface area contributed by atoms with Crippen LogP contribution in [0, 0.1) is 12.7 Å². The van der Waals surface area contributed by atoms with Crippen LogP contribution >= 0.6 is 11.6 Å². The molecule has 0 saturated carbocycles. The second kappa shape index (κ2) is 8.74. The molecule has 1 saturated heterocycles. The first-order valence-corrected chi connectivity index (χ1v) is 9.80. The molecule has 1 fully saturated rings. The summed E-state index contributed by atoms with van der Waals surface area (Å²) in [5.74, 6) is -0.407. The van der Waals surface area contributed by atoms with E-state index in [4.69, 9.17) is 11.6 Å². The highest BCUT2D eigenvalue weighted by Gasteiger charge is 2.37. The van der Waals surface area contributed by atoms with Crippen molar-refractivity contribution in [1.82, 2.24) is 10.6 Å². The number of nitrogens with one attached hydrogen (secondary N) is 2. The lowest BCUT2D eigenvalue weighted by atomic mass is 9.85. The molecule has 0 aliphatic carbocycles. The highest BCUT2D eigenvalue weighted by Crippen LogP contribution is 2.30. The Labute approximate surface area is 169 Å². The average molecular weight is 403 g/mol. The summed E-state index contributed by atoms with van der Waals surface area (Å²) in [4.78, 5) is 24.2. The Bertz CT molecular complexity index is 869. The van der Waals surface area contributed by atoms with E-state index in [9.17, 15) is 14.0 Å². The summed E-state index contributed by atoms with van der Waals surface area (Å²) in [6.07, 6.45) is 2.67. The van der Waals surface area contributed by atoms with Gasteiger partial charge in [-0.3, -0.25) is 9.59 Å². The molecule has 28 heavy (non-hydrogen) atoms. The smallest absolute Gasteiger partial charge is 0.220 e. The average Bonchev–Trinajstić information content (AvgIpc) is 3.03. The van der Waals surface area contributed by atoms with Crippen molar-refractivity contribution >= 4 is 23.4 Å². The molecule has 0 bridgehead atoms. The summed E-state index contributed by atoms with van der Waals surface area (Å²) in [5, 5.41) is 6.60. The number of aryl methyl sites for hydroxylation is 1. The molecule has 148 valence electrons. The van der Waals surface area contributed by atoms with Crippen molar-refractivity contribution in [3.63, 3.8) is 0 Å². The minimum Gasteiger partial charge on any atom is -0.352 e. The fourth-order valence-corrected chi connectivity index (χ4v) is 3.77. The number of rotatable bonds is 7. The summed E-state index contributed by atoms with van der Waals surface area (Å²) >= 11 is 5.95. The van der Waals surface area contributed by atoms with Gasteiger partial charge in [0.05, 0.1) is 0 Å². The fraction of sp³-hybridized carbons (Fsp3) is 0.364. The van der Waals surface area contributed by atoms with Crippen LogP contribution in [0.3, 0.4) is 0 Å². The van der Waals surface area contributed by atoms with Crippen LogP contribution in [0.4, 0.5) is 4.39 Å². The first kappa shape index (κ1) is 20.3. The van der Waals surface area contributed by atoms with Gasteiger partial charge in [-0.15, -0.1) is 0 Å². The number of carbonyl (C=O) groups is 2. The van der Waals surface area contributed by atoms with Gasteiger partial charge < -0.3 is 10.6 Å². The van der Waals surface area contributed by atoms with E-state index in [-0.39, 0.29) is 17.6 Å². The Hall–Kier alpha value is -2.40. The Morgan fingerprint density at radius 2 is 2.00 bits per heavy atom. The number of halogens is 2. The van der Waals surface area contributed by atoms with E-state index in [0.29, 0.717) is 43.7 Å². The normalized spacial score (nSPS) is 18.8. The molecule has 3 rings (SSSR count). The SMILES string of the molecule is Cc1ccc(F)cc1CNC(=O)CC[C@@]1(Cc2ccc(Cl)cc2)CCC(=O)N1. The number of benzene rings is 2. The second-order valence-corrected chi connectivity index (χ2v) is 7.92. The number of amides is 2. The Morgan fingerprint density at radius 3 is 2.68 bits per heavy atom. The summed E-state index contributed by atoms with van der Waals surface area (Å²) in [6, 6.07) is 12.1. The largest absolute Gasteiger partial charge is 0.352 e. The number of carbonyl (C=O) groups excluding carboxylic acids is 2. The van der Waals surface area contributed by atoms with Gasteiger partial charge in [0.2, 0.25) is 11.8 Å². The highest BCUT2D eigenvalue weighted by atomic mass is 35.5. The topological polar surface area (TPSA) is 58.2 Å². The van der Waals surface area contributed by atoms with Crippen molar-refractivity contribution in [1.29, 1.82) is 0 Å². The van der Waals surface area contributed by atoms with Crippen molar-refractivity contribution in [3.05, 3.63) is 70.0 Å². The third-order valence-corrected chi connectivity index (χ3v) is 5.56. The van der Waals surface area contributed by atoms with Crippen molar-refractivity contribution in [2.75, 3.05) is 0 Å². The predicted molar refractivity (Wildman–Crippen MR) is 107 cm³/mol. The minimum absolute atomic E-state index is 0.0183. The third kappa shape index (κ3) is 5.32. The van der Waals surface area contributed by atoms with Gasteiger partial charge in [0.25, 0.3) is 0 Å². The molecule has 1 heterocycles. The highest BCUT2D eigenvalue weighted by molar-refractivity contribution is 6.30. The molecule has 2 N–H and O–H groups in total. The molecule has 0 radical (unpaired) electrons. The monoisotopic (exact) mass is 402 g/mol. The molecule has 1 aliphatic heterocycles. The Kier molecular flexibility index (Phi) is 6.35. The Balaban J connectivity index is 1.59. The van der Waals surface area contributed by atoms with Crippen molar-refractivity contribution in [2.45, 2.75) is 51.1 Å². The van der Waals surface area contributed by atoms with Crippen LogP contribution in [0.15, 0.2) is 42.5 Å². The fourth-order valence-electron chi connectivity index (χ4n) is 3.64. The van der Waals surface area contributed by atoms with Gasteiger partial charge in [-0.05, 0) is 67.1 Å². The van der Waals surface area contributed by atoms with Gasteiger partial charge >= 0.3 is 0 Å². The van der Waals surface area contributed by atoms with E-state index in [2.05, 4.69) is 10.6 Å². The van der Waals surface area contributed by atoms with Crippen molar-refractivity contribution in [3.8, 4) is 0 Å². The minimum atomic E-state index is -0.420. The van der Waals surface area contributed by atoms with E-state index < -0.39 is 5.54 Å². The molecule has 1 aliphatic rings.